The van der Waals surface area contributed by atoms with Gasteiger partial charge in [-0.3, -0.25) is 9.48 Å². The predicted octanol–water partition coefficient (Wildman–Crippen LogP) is 4.42. The normalized spacial score (nSPS) is 10.7. The highest BCUT2D eigenvalue weighted by Gasteiger charge is 2.14. The Morgan fingerprint density at radius 3 is 2.81 bits per heavy atom. The zero-order valence-electron chi connectivity index (χ0n) is 14.0. The number of carbonyl (C=O) groups is 1. The number of rotatable bonds is 7. The number of ether oxygens (including phenoxy) is 1. The number of amides is 1. The van der Waals surface area contributed by atoms with Crippen LogP contribution in [0.2, 0.25) is 5.02 Å². The Bertz CT molecular complexity index is 889. The molecule has 1 amide bonds. The molecule has 0 atom stereocenters. The summed E-state index contributed by atoms with van der Waals surface area (Å²) >= 11 is 9.46. The number of halogens is 2. The van der Waals surface area contributed by atoms with E-state index >= 15 is 0 Å². The number of hydrogen-bond donors (Lipinski definition) is 1. The molecule has 0 aliphatic carbocycles. The second-order valence-corrected chi connectivity index (χ2v) is 6.77. The SMILES string of the molecule is CCn1ncc(Cl)c1CNC(=O)c1ccc(COc2ccc(Br)cc2)o1. The molecule has 1 N–H and O–H groups in total. The van der Waals surface area contributed by atoms with Gasteiger partial charge in [0, 0.05) is 11.0 Å². The van der Waals surface area contributed by atoms with Crippen molar-refractivity contribution in [2.24, 2.45) is 0 Å². The Balaban J connectivity index is 1.55. The minimum atomic E-state index is -0.320. The van der Waals surface area contributed by atoms with Crippen molar-refractivity contribution in [1.82, 2.24) is 15.1 Å². The molecule has 0 spiro atoms. The molecule has 0 unspecified atom stereocenters. The molecule has 0 bridgehead atoms. The molecule has 2 aromatic heterocycles. The Morgan fingerprint density at radius 2 is 2.08 bits per heavy atom. The van der Waals surface area contributed by atoms with Crippen LogP contribution in [0.15, 0.2) is 51.5 Å². The van der Waals surface area contributed by atoms with E-state index in [0.29, 0.717) is 17.3 Å². The topological polar surface area (TPSA) is 69.3 Å². The van der Waals surface area contributed by atoms with Crippen molar-refractivity contribution < 1.29 is 13.9 Å². The molecule has 136 valence electrons. The molecular weight excluding hydrogens is 422 g/mol. The molecule has 0 aliphatic rings. The molecular formula is C18H17BrClN3O3. The fourth-order valence-corrected chi connectivity index (χ4v) is 2.82. The molecule has 3 aromatic rings. The molecule has 8 heteroatoms. The molecule has 26 heavy (non-hydrogen) atoms. The molecule has 2 heterocycles. The number of nitrogens with one attached hydrogen (secondary N) is 1. The van der Waals surface area contributed by atoms with E-state index in [0.717, 1.165) is 15.9 Å². The third-order valence-corrected chi connectivity index (χ3v) is 4.54. The van der Waals surface area contributed by atoms with Crippen LogP contribution >= 0.6 is 27.5 Å². The number of aromatic nitrogens is 2. The minimum Gasteiger partial charge on any atom is -0.486 e. The van der Waals surface area contributed by atoms with Crippen molar-refractivity contribution in [3.8, 4) is 5.75 Å². The number of carbonyl (C=O) groups excluding carboxylic acids is 1. The summed E-state index contributed by atoms with van der Waals surface area (Å²) in [6.45, 7) is 3.15. The maximum Gasteiger partial charge on any atom is 0.287 e. The lowest BCUT2D eigenvalue weighted by atomic mass is 10.3. The monoisotopic (exact) mass is 437 g/mol. The third-order valence-electron chi connectivity index (χ3n) is 3.69. The zero-order chi connectivity index (χ0) is 18.5. The quantitative estimate of drug-likeness (QED) is 0.593. The van der Waals surface area contributed by atoms with Gasteiger partial charge in [0.05, 0.1) is 23.5 Å². The van der Waals surface area contributed by atoms with Gasteiger partial charge in [-0.2, -0.15) is 5.10 Å². The average Bonchev–Trinajstić information content (AvgIpc) is 3.26. The van der Waals surface area contributed by atoms with E-state index < -0.39 is 0 Å². The first-order chi connectivity index (χ1) is 12.6. The molecule has 1 aromatic carbocycles. The zero-order valence-corrected chi connectivity index (χ0v) is 16.4. The first-order valence-electron chi connectivity index (χ1n) is 8.02. The van der Waals surface area contributed by atoms with E-state index in [4.69, 9.17) is 20.8 Å². The largest absolute Gasteiger partial charge is 0.486 e. The van der Waals surface area contributed by atoms with Gasteiger partial charge in [-0.15, -0.1) is 0 Å². The summed E-state index contributed by atoms with van der Waals surface area (Å²) in [5.41, 5.74) is 0.757. The second-order valence-electron chi connectivity index (χ2n) is 5.45. The van der Waals surface area contributed by atoms with Gasteiger partial charge in [0.15, 0.2) is 5.76 Å². The van der Waals surface area contributed by atoms with Crippen LogP contribution in [0, 0.1) is 0 Å². The summed E-state index contributed by atoms with van der Waals surface area (Å²) in [5.74, 6) is 1.19. The van der Waals surface area contributed by atoms with E-state index in [1.807, 2.05) is 31.2 Å². The van der Waals surface area contributed by atoms with Crippen molar-refractivity contribution in [3.05, 3.63) is 69.3 Å². The number of hydrogen-bond acceptors (Lipinski definition) is 4. The summed E-state index contributed by atoms with van der Waals surface area (Å²) in [5, 5.41) is 7.45. The minimum absolute atomic E-state index is 0.220. The smallest absolute Gasteiger partial charge is 0.287 e. The second kappa shape index (κ2) is 8.42. The Hall–Kier alpha value is -2.25. The van der Waals surface area contributed by atoms with Crippen LogP contribution in [-0.4, -0.2) is 15.7 Å². The van der Waals surface area contributed by atoms with E-state index in [-0.39, 0.29) is 24.8 Å². The summed E-state index contributed by atoms with van der Waals surface area (Å²) < 4.78 is 13.9. The Morgan fingerprint density at radius 1 is 1.31 bits per heavy atom. The lowest BCUT2D eigenvalue weighted by Gasteiger charge is -2.07. The third kappa shape index (κ3) is 4.47. The summed E-state index contributed by atoms with van der Waals surface area (Å²) in [7, 11) is 0. The molecule has 0 radical (unpaired) electrons. The molecule has 0 saturated heterocycles. The van der Waals surface area contributed by atoms with Crippen molar-refractivity contribution in [2.75, 3.05) is 0 Å². The first-order valence-corrected chi connectivity index (χ1v) is 9.19. The highest BCUT2D eigenvalue weighted by atomic mass is 79.9. The van der Waals surface area contributed by atoms with Crippen molar-refractivity contribution in [3.63, 3.8) is 0 Å². The van der Waals surface area contributed by atoms with Crippen LogP contribution in [0.1, 0.15) is 28.9 Å². The fraction of sp³-hybridized carbons (Fsp3) is 0.222. The van der Waals surface area contributed by atoms with E-state index in [1.54, 1.807) is 23.0 Å². The maximum absolute atomic E-state index is 12.3. The molecule has 0 saturated carbocycles. The Labute approximate surface area is 164 Å². The van der Waals surface area contributed by atoms with Gasteiger partial charge in [0.1, 0.15) is 18.1 Å². The Kier molecular flexibility index (Phi) is 6.00. The van der Waals surface area contributed by atoms with Crippen LogP contribution in [-0.2, 0) is 19.7 Å². The molecule has 3 rings (SSSR count). The van der Waals surface area contributed by atoms with Crippen molar-refractivity contribution in [1.29, 1.82) is 0 Å². The van der Waals surface area contributed by atoms with Crippen molar-refractivity contribution in [2.45, 2.75) is 26.6 Å². The van der Waals surface area contributed by atoms with Crippen molar-refractivity contribution >= 4 is 33.4 Å². The molecule has 0 aliphatic heterocycles. The molecule has 0 fully saturated rings. The summed E-state index contributed by atoms with van der Waals surface area (Å²) in [4.78, 5) is 12.3. The van der Waals surface area contributed by atoms with Gasteiger partial charge in [-0.05, 0) is 43.3 Å². The van der Waals surface area contributed by atoms with Gasteiger partial charge >= 0.3 is 0 Å². The van der Waals surface area contributed by atoms with E-state index in [9.17, 15) is 4.79 Å². The highest BCUT2D eigenvalue weighted by molar-refractivity contribution is 9.10. The number of benzene rings is 1. The first kappa shape index (κ1) is 18.5. The van der Waals surface area contributed by atoms with Crippen LogP contribution in [0.3, 0.4) is 0 Å². The lowest BCUT2D eigenvalue weighted by Crippen LogP contribution is -2.24. The van der Waals surface area contributed by atoms with E-state index in [1.165, 1.54) is 0 Å². The van der Waals surface area contributed by atoms with Crippen LogP contribution < -0.4 is 10.1 Å². The van der Waals surface area contributed by atoms with E-state index in [2.05, 4.69) is 26.3 Å². The van der Waals surface area contributed by atoms with Crippen LogP contribution in [0.5, 0.6) is 5.75 Å². The van der Waals surface area contributed by atoms with Crippen LogP contribution in [0.4, 0.5) is 0 Å². The number of aryl methyl sites for hydroxylation is 1. The van der Waals surface area contributed by atoms with Gasteiger partial charge < -0.3 is 14.5 Å². The summed E-state index contributed by atoms with van der Waals surface area (Å²) in [6.07, 6.45) is 1.57. The fourth-order valence-electron chi connectivity index (χ4n) is 2.35. The summed E-state index contributed by atoms with van der Waals surface area (Å²) in [6, 6.07) is 10.8. The van der Waals surface area contributed by atoms with Gasteiger partial charge in [-0.1, -0.05) is 27.5 Å². The highest BCUT2D eigenvalue weighted by Crippen LogP contribution is 2.18. The number of furan rings is 1. The predicted molar refractivity (Wildman–Crippen MR) is 101 cm³/mol. The van der Waals surface area contributed by atoms with Gasteiger partial charge in [0.2, 0.25) is 0 Å². The standard InChI is InChI=1S/C18H17BrClN3O3/c1-2-23-16(15(20)9-22-23)10-21-18(24)17-8-7-14(26-17)11-25-13-5-3-12(19)4-6-13/h3-9H,2,10-11H2,1H3,(H,21,24). The van der Waals surface area contributed by atoms with Gasteiger partial charge in [0.25, 0.3) is 5.91 Å². The number of nitrogens with zero attached hydrogens (tertiary/aromatic N) is 2. The lowest BCUT2D eigenvalue weighted by molar-refractivity contribution is 0.0918. The maximum atomic E-state index is 12.3. The van der Waals surface area contributed by atoms with Gasteiger partial charge in [-0.25, -0.2) is 0 Å². The average molecular weight is 439 g/mol. The molecule has 6 nitrogen and oxygen atoms in total. The van der Waals surface area contributed by atoms with Crippen LogP contribution in [0.25, 0.3) is 0 Å².